The number of carbonyl (C=O) groups excluding carboxylic acids is 1. The number of anilines is 1. The van der Waals surface area contributed by atoms with Crippen molar-refractivity contribution in [1.82, 2.24) is 19.7 Å². The zero-order chi connectivity index (χ0) is 18.1. The number of aromatic nitrogens is 3. The predicted octanol–water partition coefficient (Wildman–Crippen LogP) is 2.59. The molecule has 1 amide bonds. The molecule has 1 atom stereocenters. The van der Waals surface area contributed by atoms with Crippen molar-refractivity contribution in [1.29, 1.82) is 0 Å². The number of piperidine rings is 1. The van der Waals surface area contributed by atoms with E-state index in [1.54, 1.807) is 11.8 Å². The molecule has 1 unspecified atom stereocenters. The lowest BCUT2D eigenvalue weighted by Gasteiger charge is -2.34. The Kier molecular flexibility index (Phi) is 4.36. The van der Waals surface area contributed by atoms with Crippen molar-refractivity contribution < 1.29 is 9.53 Å². The van der Waals surface area contributed by atoms with Gasteiger partial charge in [0.25, 0.3) is 5.91 Å². The number of amides is 1. The van der Waals surface area contributed by atoms with E-state index in [0.717, 1.165) is 42.9 Å². The summed E-state index contributed by atoms with van der Waals surface area (Å²) in [5.74, 6) is 1.43. The first-order valence-electron chi connectivity index (χ1n) is 9.00. The minimum atomic E-state index is -0.362. The summed E-state index contributed by atoms with van der Waals surface area (Å²) >= 11 is 0. The van der Waals surface area contributed by atoms with Gasteiger partial charge in [-0.2, -0.15) is 10.1 Å². The smallest absolute Gasteiger partial charge is 0.254 e. The number of methoxy groups -OCH3 is 1. The Morgan fingerprint density at radius 3 is 2.77 bits per heavy atom. The molecule has 7 heteroatoms. The van der Waals surface area contributed by atoms with E-state index in [1.807, 2.05) is 36.1 Å². The van der Waals surface area contributed by atoms with Gasteiger partial charge in [-0.3, -0.25) is 4.79 Å². The summed E-state index contributed by atoms with van der Waals surface area (Å²) in [6.45, 7) is 3.54. The molecule has 1 fully saturated rings. The molecule has 0 aliphatic carbocycles. The number of nitrogens with zero attached hydrogens (tertiary/aromatic N) is 4. The SMILES string of the molecule is COc1ccccc1C1C(C(=O)N2CCCCC2)=C(C)Nc2ncnn21. The zero-order valence-corrected chi connectivity index (χ0v) is 15.1. The molecule has 1 N–H and O–H groups in total. The Hall–Kier alpha value is -2.83. The van der Waals surface area contributed by atoms with Gasteiger partial charge in [-0.05, 0) is 32.3 Å². The van der Waals surface area contributed by atoms with E-state index in [2.05, 4.69) is 15.4 Å². The summed E-state index contributed by atoms with van der Waals surface area (Å²) in [5.41, 5.74) is 2.43. The molecule has 0 spiro atoms. The maximum absolute atomic E-state index is 13.4. The monoisotopic (exact) mass is 353 g/mol. The average Bonchev–Trinajstić information content (AvgIpc) is 3.15. The summed E-state index contributed by atoms with van der Waals surface area (Å²) in [6, 6.07) is 7.41. The fourth-order valence-electron chi connectivity index (χ4n) is 3.82. The molecule has 1 aromatic carbocycles. The Morgan fingerprint density at radius 1 is 1.23 bits per heavy atom. The maximum Gasteiger partial charge on any atom is 0.254 e. The molecule has 136 valence electrons. The van der Waals surface area contributed by atoms with Gasteiger partial charge in [-0.1, -0.05) is 18.2 Å². The van der Waals surface area contributed by atoms with Crippen LogP contribution in [0.5, 0.6) is 5.75 Å². The molecule has 2 aromatic rings. The van der Waals surface area contributed by atoms with Crippen LogP contribution in [0.15, 0.2) is 41.9 Å². The highest BCUT2D eigenvalue weighted by atomic mass is 16.5. The Balaban J connectivity index is 1.83. The normalized spacial score (nSPS) is 19.8. The van der Waals surface area contributed by atoms with Gasteiger partial charge < -0.3 is 15.0 Å². The summed E-state index contributed by atoms with van der Waals surface area (Å²) in [5, 5.41) is 7.61. The number of rotatable bonds is 3. The van der Waals surface area contributed by atoms with Crippen LogP contribution in [0.2, 0.25) is 0 Å². The number of nitrogens with one attached hydrogen (secondary N) is 1. The number of ether oxygens (including phenoxy) is 1. The van der Waals surface area contributed by atoms with Crippen LogP contribution in [-0.4, -0.2) is 45.8 Å². The highest BCUT2D eigenvalue weighted by Gasteiger charge is 2.37. The van der Waals surface area contributed by atoms with Crippen LogP contribution in [0.25, 0.3) is 0 Å². The fraction of sp³-hybridized carbons (Fsp3) is 0.421. The third-order valence-corrected chi connectivity index (χ3v) is 5.10. The number of allylic oxidation sites excluding steroid dienone is 1. The lowest BCUT2D eigenvalue weighted by Crippen LogP contribution is -2.41. The minimum Gasteiger partial charge on any atom is -0.496 e. The topological polar surface area (TPSA) is 72.3 Å². The number of hydrogen-bond donors (Lipinski definition) is 1. The Labute approximate surface area is 152 Å². The van der Waals surface area contributed by atoms with Gasteiger partial charge >= 0.3 is 0 Å². The number of hydrogen-bond acceptors (Lipinski definition) is 5. The van der Waals surface area contributed by atoms with Crippen LogP contribution < -0.4 is 10.1 Å². The summed E-state index contributed by atoms with van der Waals surface area (Å²) in [7, 11) is 1.64. The fourth-order valence-corrected chi connectivity index (χ4v) is 3.82. The van der Waals surface area contributed by atoms with Crippen LogP contribution in [0.1, 0.15) is 37.8 Å². The van der Waals surface area contributed by atoms with Crippen LogP contribution in [0, 0.1) is 0 Å². The van der Waals surface area contributed by atoms with Gasteiger partial charge in [0, 0.05) is 24.4 Å². The maximum atomic E-state index is 13.4. The first kappa shape index (κ1) is 16.6. The predicted molar refractivity (Wildman–Crippen MR) is 97.9 cm³/mol. The molecule has 0 radical (unpaired) electrons. The van der Waals surface area contributed by atoms with Crippen molar-refractivity contribution in [3.63, 3.8) is 0 Å². The zero-order valence-electron chi connectivity index (χ0n) is 15.1. The average molecular weight is 353 g/mol. The van der Waals surface area contributed by atoms with Gasteiger partial charge in [0.2, 0.25) is 5.95 Å². The Bertz CT molecular complexity index is 851. The van der Waals surface area contributed by atoms with E-state index < -0.39 is 0 Å². The second kappa shape index (κ2) is 6.82. The molecule has 2 aliphatic rings. The summed E-state index contributed by atoms with van der Waals surface area (Å²) in [6.07, 6.45) is 4.80. The van der Waals surface area contributed by atoms with Crippen molar-refractivity contribution in [2.45, 2.75) is 32.2 Å². The van der Waals surface area contributed by atoms with E-state index in [0.29, 0.717) is 11.5 Å². The van der Waals surface area contributed by atoms with E-state index in [-0.39, 0.29) is 11.9 Å². The Morgan fingerprint density at radius 2 is 2.00 bits per heavy atom. The number of carbonyl (C=O) groups is 1. The third kappa shape index (κ3) is 2.73. The van der Waals surface area contributed by atoms with E-state index in [4.69, 9.17) is 4.74 Å². The van der Waals surface area contributed by atoms with E-state index >= 15 is 0 Å². The lowest BCUT2D eigenvalue weighted by molar-refractivity contribution is -0.128. The molecule has 0 bridgehead atoms. The van der Waals surface area contributed by atoms with Gasteiger partial charge in [0.05, 0.1) is 12.7 Å². The summed E-state index contributed by atoms with van der Waals surface area (Å²) in [4.78, 5) is 19.6. The standard InChI is InChI=1S/C19H23N5O2/c1-13-16(18(25)23-10-6-3-7-11-23)17(24-19(22-13)20-12-21-24)14-8-4-5-9-15(14)26-2/h4-5,8-9,12,17H,3,6-7,10-11H2,1-2H3,(H,20,21,22). The van der Waals surface area contributed by atoms with Crippen molar-refractivity contribution in [2.75, 3.05) is 25.5 Å². The lowest BCUT2D eigenvalue weighted by atomic mass is 9.93. The van der Waals surface area contributed by atoms with Crippen LogP contribution in [0.3, 0.4) is 0 Å². The molecule has 0 saturated carbocycles. The van der Waals surface area contributed by atoms with E-state index in [1.165, 1.54) is 12.7 Å². The van der Waals surface area contributed by atoms with Crippen LogP contribution >= 0.6 is 0 Å². The largest absolute Gasteiger partial charge is 0.496 e. The van der Waals surface area contributed by atoms with Crippen molar-refractivity contribution in [3.8, 4) is 5.75 Å². The van der Waals surface area contributed by atoms with Crippen molar-refractivity contribution in [2.24, 2.45) is 0 Å². The van der Waals surface area contributed by atoms with Gasteiger partial charge in [-0.15, -0.1) is 0 Å². The first-order valence-corrected chi connectivity index (χ1v) is 9.00. The molecule has 7 nitrogen and oxygen atoms in total. The molecule has 26 heavy (non-hydrogen) atoms. The molecular formula is C19H23N5O2. The summed E-state index contributed by atoms with van der Waals surface area (Å²) < 4.78 is 7.34. The van der Waals surface area contributed by atoms with Crippen molar-refractivity contribution >= 4 is 11.9 Å². The molecular weight excluding hydrogens is 330 g/mol. The second-order valence-corrected chi connectivity index (χ2v) is 6.69. The van der Waals surface area contributed by atoms with Gasteiger partial charge in [0.15, 0.2) is 0 Å². The molecule has 2 aliphatic heterocycles. The third-order valence-electron chi connectivity index (χ3n) is 5.10. The first-order chi connectivity index (χ1) is 12.7. The molecule has 1 saturated heterocycles. The van der Waals surface area contributed by atoms with Crippen molar-refractivity contribution in [3.05, 3.63) is 47.4 Å². The van der Waals surface area contributed by atoms with E-state index in [9.17, 15) is 4.79 Å². The molecule has 1 aromatic heterocycles. The number of likely N-dealkylation sites (tertiary alicyclic amines) is 1. The number of para-hydroxylation sites is 1. The highest BCUT2D eigenvalue weighted by Crippen LogP contribution is 2.39. The highest BCUT2D eigenvalue weighted by molar-refractivity contribution is 5.97. The van der Waals surface area contributed by atoms with Crippen LogP contribution in [-0.2, 0) is 4.79 Å². The number of benzene rings is 1. The minimum absolute atomic E-state index is 0.0618. The van der Waals surface area contributed by atoms with Gasteiger partial charge in [-0.25, -0.2) is 4.68 Å². The van der Waals surface area contributed by atoms with Gasteiger partial charge in [0.1, 0.15) is 18.1 Å². The number of fused-ring (bicyclic) bond motifs is 1. The second-order valence-electron chi connectivity index (χ2n) is 6.69. The quantitative estimate of drug-likeness (QED) is 0.918. The van der Waals surface area contributed by atoms with Crippen LogP contribution in [0.4, 0.5) is 5.95 Å². The molecule has 4 rings (SSSR count). The molecule has 3 heterocycles.